The zero-order chi connectivity index (χ0) is 18.3. The Labute approximate surface area is 158 Å². The monoisotopic (exact) mass is 382 g/mol. The van der Waals surface area contributed by atoms with Crippen LogP contribution in [0, 0.1) is 6.92 Å². The van der Waals surface area contributed by atoms with Gasteiger partial charge < -0.3 is 0 Å². The Kier molecular flexibility index (Phi) is 4.30. The Hall–Kier alpha value is -2.57. The Bertz CT molecular complexity index is 1190. The Morgan fingerprint density at radius 1 is 1.15 bits per heavy atom. The summed E-state index contributed by atoms with van der Waals surface area (Å²) in [4.78, 5) is 13.1. The van der Waals surface area contributed by atoms with Gasteiger partial charge in [-0.3, -0.25) is 9.20 Å². The molecule has 2 aromatic heterocycles. The standard InChI is InChI=1S/C19H15ClN4OS/c1-12-7-9-14(10-8-12)23-17(25)15-5-3-4-6-16(15)24-18(23)21-22-19(24)26-11-13(2)20/h3-10H,2,11H2,1H3. The third-order valence-electron chi connectivity index (χ3n) is 4.04. The van der Waals surface area contributed by atoms with E-state index in [1.807, 2.05) is 59.9 Å². The maximum absolute atomic E-state index is 13.1. The molecule has 0 unspecified atom stereocenters. The topological polar surface area (TPSA) is 52.2 Å². The van der Waals surface area contributed by atoms with Crippen molar-refractivity contribution in [3.63, 3.8) is 0 Å². The maximum Gasteiger partial charge on any atom is 0.267 e. The summed E-state index contributed by atoms with van der Waals surface area (Å²) in [5.41, 5.74) is 2.52. The van der Waals surface area contributed by atoms with E-state index >= 15 is 0 Å². The van der Waals surface area contributed by atoms with E-state index in [4.69, 9.17) is 11.6 Å². The van der Waals surface area contributed by atoms with Gasteiger partial charge in [0.2, 0.25) is 5.78 Å². The molecule has 0 atom stereocenters. The van der Waals surface area contributed by atoms with Gasteiger partial charge in [0.05, 0.1) is 16.6 Å². The molecule has 0 amide bonds. The van der Waals surface area contributed by atoms with E-state index in [-0.39, 0.29) is 5.56 Å². The second kappa shape index (κ2) is 6.63. The fourth-order valence-corrected chi connectivity index (χ4v) is 3.70. The third-order valence-corrected chi connectivity index (χ3v) is 5.35. The predicted molar refractivity (Wildman–Crippen MR) is 107 cm³/mol. The quantitative estimate of drug-likeness (QED) is 0.497. The van der Waals surface area contributed by atoms with Gasteiger partial charge in [0.15, 0.2) is 5.16 Å². The second-order valence-corrected chi connectivity index (χ2v) is 7.39. The molecule has 2 heterocycles. The van der Waals surface area contributed by atoms with Crippen molar-refractivity contribution in [2.75, 3.05) is 5.75 Å². The highest BCUT2D eigenvalue weighted by Crippen LogP contribution is 2.24. The molecule has 4 rings (SSSR count). The van der Waals surface area contributed by atoms with Gasteiger partial charge in [-0.05, 0) is 31.2 Å². The van der Waals surface area contributed by atoms with E-state index in [2.05, 4.69) is 16.8 Å². The molecule has 4 aromatic rings. The summed E-state index contributed by atoms with van der Waals surface area (Å²) in [7, 11) is 0. The van der Waals surface area contributed by atoms with Gasteiger partial charge in [0.1, 0.15) is 0 Å². The number of aromatic nitrogens is 4. The number of halogens is 1. The molecular weight excluding hydrogens is 368 g/mol. The molecule has 0 fully saturated rings. The van der Waals surface area contributed by atoms with Gasteiger partial charge in [-0.25, -0.2) is 4.57 Å². The van der Waals surface area contributed by atoms with Crippen LogP contribution in [0.1, 0.15) is 5.56 Å². The van der Waals surface area contributed by atoms with E-state index in [1.165, 1.54) is 11.8 Å². The first kappa shape index (κ1) is 16.9. The fourth-order valence-electron chi connectivity index (χ4n) is 2.84. The lowest BCUT2D eigenvalue weighted by Crippen LogP contribution is -2.21. The third kappa shape index (κ3) is 2.81. The van der Waals surface area contributed by atoms with Gasteiger partial charge in [0, 0.05) is 10.8 Å². The lowest BCUT2D eigenvalue weighted by molar-refractivity contribution is 0.932. The molecule has 0 aliphatic heterocycles. The Balaban J connectivity index is 2.08. The zero-order valence-electron chi connectivity index (χ0n) is 14.0. The molecule has 0 bridgehead atoms. The molecule has 0 aliphatic carbocycles. The second-order valence-electron chi connectivity index (χ2n) is 5.92. The summed E-state index contributed by atoms with van der Waals surface area (Å²) >= 11 is 7.34. The van der Waals surface area contributed by atoms with Crippen LogP contribution in [0.3, 0.4) is 0 Å². The van der Waals surface area contributed by atoms with Crippen molar-refractivity contribution in [1.29, 1.82) is 0 Å². The molecule has 2 aromatic carbocycles. The largest absolute Gasteiger partial charge is 0.268 e. The number of para-hydroxylation sites is 1. The van der Waals surface area contributed by atoms with Crippen molar-refractivity contribution in [1.82, 2.24) is 19.2 Å². The average molecular weight is 383 g/mol. The van der Waals surface area contributed by atoms with Gasteiger partial charge >= 0.3 is 0 Å². The fraction of sp³-hybridized carbons (Fsp3) is 0.105. The van der Waals surface area contributed by atoms with Crippen LogP contribution >= 0.6 is 23.4 Å². The van der Waals surface area contributed by atoms with E-state index in [1.54, 1.807) is 4.57 Å². The number of aryl methyl sites for hydroxylation is 1. The van der Waals surface area contributed by atoms with Crippen LogP contribution in [0.15, 0.2) is 70.1 Å². The number of thioether (sulfide) groups is 1. The van der Waals surface area contributed by atoms with Crippen molar-refractivity contribution in [3.05, 3.63) is 76.1 Å². The average Bonchev–Trinajstić information content (AvgIpc) is 3.05. The van der Waals surface area contributed by atoms with E-state index < -0.39 is 0 Å². The van der Waals surface area contributed by atoms with Gasteiger partial charge in [-0.1, -0.05) is 59.8 Å². The van der Waals surface area contributed by atoms with Crippen LogP contribution in [0.2, 0.25) is 0 Å². The number of fused-ring (bicyclic) bond motifs is 3. The van der Waals surface area contributed by atoms with Crippen LogP contribution in [0.4, 0.5) is 0 Å². The number of benzene rings is 2. The molecule has 0 spiro atoms. The zero-order valence-corrected chi connectivity index (χ0v) is 15.6. The van der Waals surface area contributed by atoms with Crippen LogP contribution in [-0.4, -0.2) is 24.9 Å². The van der Waals surface area contributed by atoms with Crippen molar-refractivity contribution in [2.24, 2.45) is 0 Å². The van der Waals surface area contributed by atoms with Gasteiger partial charge in [0.25, 0.3) is 5.56 Å². The van der Waals surface area contributed by atoms with Crippen LogP contribution < -0.4 is 5.56 Å². The molecule has 0 radical (unpaired) electrons. The van der Waals surface area contributed by atoms with Crippen LogP contribution in [-0.2, 0) is 0 Å². The molecule has 130 valence electrons. The first-order valence-corrected chi connectivity index (χ1v) is 9.34. The van der Waals surface area contributed by atoms with Gasteiger partial charge in [-0.2, -0.15) is 0 Å². The highest BCUT2D eigenvalue weighted by molar-refractivity contribution is 7.99. The number of hydrogen-bond acceptors (Lipinski definition) is 4. The van der Waals surface area contributed by atoms with Crippen LogP contribution in [0.25, 0.3) is 22.4 Å². The number of nitrogens with zero attached hydrogens (tertiary/aromatic N) is 4. The van der Waals surface area contributed by atoms with Crippen molar-refractivity contribution in [3.8, 4) is 5.69 Å². The van der Waals surface area contributed by atoms with Crippen molar-refractivity contribution in [2.45, 2.75) is 12.1 Å². The summed E-state index contributed by atoms with van der Waals surface area (Å²) in [5, 5.41) is 10.4. The highest BCUT2D eigenvalue weighted by atomic mass is 35.5. The minimum Gasteiger partial charge on any atom is -0.268 e. The summed E-state index contributed by atoms with van der Waals surface area (Å²) in [6, 6.07) is 15.2. The Morgan fingerprint density at radius 2 is 1.88 bits per heavy atom. The predicted octanol–water partition coefficient (Wildman–Crippen LogP) is 4.19. The summed E-state index contributed by atoms with van der Waals surface area (Å²) in [6.07, 6.45) is 0. The molecular formula is C19H15ClN4OS. The number of rotatable bonds is 4. The molecule has 26 heavy (non-hydrogen) atoms. The maximum atomic E-state index is 13.1. The minimum atomic E-state index is -0.123. The molecule has 0 saturated heterocycles. The normalized spacial score (nSPS) is 11.3. The minimum absolute atomic E-state index is 0.123. The SMILES string of the molecule is C=C(Cl)CSc1nnc2n(-c3ccc(C)cc3)c(=O)c3ccccc3n12. The summed E-state index contributed by atoms with van der Waals surface area (Å²) in [6.45, 7) is 5.72. The molecule has 5 nitrogen and oxygen atoms in total. The van der Waals surface area contributed by atoms with E-state index in [0.29, 0.717) is 27.1 Å². The van der Waals surface area contributed by atoms with Crippen molar-refractivity contribution < 1.29 is 0 Å². The van der Waals surface area contributed by atoms with Gasteiger partial charge in [-0.15, -0.1) is 10.2 Å². The van der Waals surface area contributed by atoms with E-state index in [9.17, 15) is 4.79 Å². The lowest BCUT2D eigenvalue weighted by Gasteiger charge is -2.11. The summed E-state index contributed by atoms with van der Waals surface area (Å²) in [5.74, 6) is 0.987. The molecule has 0 aliphatic rings. The molecule has 7 heteroatoms. The summed E-state index contributed by atoms with van der Waals surface area (Å²) < 4.78 is 3.48. The van der Waals surface area contributed by atoms with Crippen molar-refractivity contribution >= 4 is 40.0 Å². The number of hydrogen-bond donors (Lipinski definition) is 0. The molecule has 0 saturated carbocycles. The molecule has 0 N–H and O–H groups in total. The van der Waals surface area contributed by atoms with E-state index in [0.717, 1.165) is 16.8 Å². The van der Waals surface area contributed by atoms with Crippen LogP contribution in [0.5, 0.6) is 0 Å². The Morgan fingerprint density at radius 3 is 2.62 bits per heavy atom. The first-order valence-electron chi connectivity index (χ1n) is 7.98. The highest BCUT2D eigenvalue weighted by Gasteiger charge is 2.17. The smallest absolute Gasteiger partial charge is 0.267 e. The lowest BCUT2D eigenvalue weighted by atomic mass is 10.2. The first-order chi connectivity index (χ1) is 12.6.